The monoisotopic (exact) mass is 1370 g/mol. The minimum absolute atomic E-state index is 0.102. The molecule has 0 radical (unpaired) electrons. The van der Waals surface area contributed by atoms with Crippen molar-refractivity contribution >= 4 is 39.5 Å². The Balaban J connectivity index is 5.13. The van der Waals surface area contributed by atoms with Gasteiger partial charge in [0.2, 0.25) is 0 Å². The van der Waals surface area contributed by atoms with Crippen LogP contribution in [0.3, 0.4) is 0 Å². The van der Waals surface area contributed by atoms with Gasteiger partial charge < -0.3 is 33.8 Å². The quantitative estimate of drug-likeness (QED) is 0.0222. The predicted octanol–water partition coefficient (Wildman–Crippen LogP) is 21.4. The summed E-state index contributed by atoms with van der Waals surface area (Å²) < 4.78 is 68.2. The Kier molecular flexibility index (Phi) is 63.4. The van der Waals surface area contributed by atoms with Gasteiger partial charge in [0, 0.05) is 25.7 Å². The zero-order valence-electron chi connectivity index (χ0n) is 60.7. The van der Waals surface area contributed by atoms with Crippen LogP contribution in [0.15, 0.2) is 0 Å². The van der Waals surface area contributed by atoms with Gasteiger partial charge in [0.1, 0.15) is 19.3 Å². The van der Waals surface area contributed by atoms with E-state index in [1.54, 1.807) is 0 Å². The molecule has 0 fully saturated rings. The Labute approximate surface area is 568 Å². The topological polar surface area (TPSA) is 237 Å². The summed E-state index contributed by atoms with van der Waals surface area (Å²) in [5, 5.41) is 10.6. The van der Waals surface area contributed by atoms with Gasteiger partial charge in [-0.2, -0.15) is 0 Å². The van der Waals surface area contributed by atoms with Crippen LogP contribution in [0.5, 0.6) is 0 Å². The van der Waals surface area contributed by atoms with Crippen LogP contribution in [0, 0.1) is 17.8 Å². The average Bonchev–Trinajstić information content (AvgIpc) is 2.58. The van der Waals surface area contributed by atoms with Gasteiger partial charge in [-0.25, -0.2) is 9.13 Å². The van der Waals surface area contributed by atoms with Gasteiger partial charge in [0.25, 0.3) is 0 Å². The molecular formula is C74H144O17P2. The van der Waals surface area contributed by atoms with Crippen LogP contribution >= 0.6 is 15.6 Å². The Hall–Kier alpha value is -1.94. The van der Waals surface area contributed by atoms with Crippen LogP contribution in [0.25, 0.3) is 0 Å². The molecule has 0 saturated carbocycles. The Morgan fingerprint density at radius 2 is 0.548 bits per heavy atom. The van der Waals surface area contributed by atoms with E-state index < -0.39 is 97.5 Å². The summed E-state index contributed by atoms with van der Waals surface area (Å²) in [6, 6.07) is 0. The zero-order chi connectivity index (χ0) is 68.7. The summed E-state index contributed by atoms with van der Waals surface area (Å²) in [6.07, 6.45) is 50.6. The molecule has 0 spiro atoms. The second-order valence-corrected chi connectivity index (χ2v) is 30.8. The van der Waals surface area contributed by atoms with Crippen LogP contribution in [-0.2, 0) is 65.4 Å². The Bertz CT molecular complexity index is 1820. The summed E-state index contributed by atoms with van der Waals surface area (Å²) in [5.41, 5.74) is 0. The molecule has 0 saturated heterocycles. The molecule has 0 bridgehead atoms. The van der Waals surface area contributed by atoms with Gasteiger partial charge in [-0.1, -0.05) is 325 Å². The number of phosphoric acid groups is 2. The van der Waals surface area contributed by atoms with Crippen molar-refractivity contribution in [1.29, 1.82) is 0 Å². The van der Waals surface area contributed by atoms with E-state index in [0.717, 1.165) is 114 Å². The lowest BCUT2D eigenvalue weighted by Gasteiger charge is -2.21. The highest BCUT2D eigenvalue weighted by molar-refractivity contribution is 7.47. The molecule has 93 heavy (non-hydrogen) atoms. The number of carbonyl (C=O) groups excluding carboxylic acids is 4. The van der Waals surface area contributed by atoms with Crippen molar-refractivity contribution in [3.05, 3.63) is 0 Å². The SMILES string of the molecule is CCCCCCCC(=O)OC[C@H](COP(=O)(O)OC[C@H](O)COP(=O)(O)OC[C@@H](COC(=O)CCCCCCCCCCCCCCCCCCC(C)C)OC(=O)CCCCCCCCCCCCCCCCCCC(C)C)OC(=O)CCCCCCCCC(C)CC. The third-order valence-corrected chi connectivity index (χ3v) is 19.4. The maximum atomic E-state index is 13.1. The number of phosphoric ester groups is 2. The molecule has 0 rings (SSSR count). The van der Waals surface area contributed by atoms with Crippen molar-refractivity contribution in [1.82, 2.24) is 0 Å². The van der Waals surface area contributed by atoms with E-state index in [4.69, 9.17) is 37.0 Å². The van der Waals surface area contributed by atoms with Crippen molar-refractivity contribution < 1.29 is 80.2 Å². The van der Waals surface area contributed by atoms with E-state index in [2.05, 4.69) is 48.5 Å². The number of hydrogen-bond donors (Lipinski definition) is 3. The number of unbranched alkanes of at least 4 members (excludes halogenated alkanes) is 39. The molecule has 3 unspecified atom stereocenters. The van der Waals surface area contributed by atoms with Crippen LogP contribution in [0.2, 0.25) is 0 Å². The molecule has 0 heterocycles. The maximum Gasteiger partial charge on any atom is 0.472 e. The van der Waals surface area contributed by atoms with Gasteiger partial charge in [-0.3, -0.25) is 37.3 Å². The van der Waals surface area contributed by atoms with Gasteiger partial charge >= 0.3 is 39.5 Å². The highest BCUT2D eigenvalue weighted by atomic mass is 31.2. The molecule has 0 aliphatic carbocycles. The minimum atomic E-state index is -4.95. The summed E-state index contributed by atoms with van der Waals surface area (Å²) in [5.74, 6) is 0.207. The summed E-state index contributed by atoms with van der Waals surface area (Å²) in [6.45, 7) is 11.8. The largest absolute Gasteiger partial charge is 0.472 e. The summed E-state index contributed by atoms with van der Waals surface area (Å²) in [4.78, 5) is 72.4. The number of hydrogen-bond acceptors (Lipinski definition) is 15. The van der Waals surface area contributed by atoms with Crippen molar-refractivity contribution in [3.63, 3.8) is 0 Å². The molecule has 552 valence electrons. The number of rotatable bonds is 72. The van der Waals surface area contributed by atoms with E-state index in [1.165, 1.54) is 180 Å². The van der Waals surface area contributed by atoms with E-state index in [-0.39, 0.29) is 25.7 Å². The molecule has 0 aliphatic heterocycles. The fraction of sp³-hybridized carbons (Fsp3) is 0.946. The average molecular weight is 1370 g/mol. The number of aliphatic hydroxyl groups is 1. The van der Waals surface area contributed by atoms with Crippen molar-refractivity contribution in [3.8, 4) is 0 Å². The standard InChI is InChI=1S/C74H144O17P2/c1-8-10-11-38-48-55-71(76)84-61-69(91-74(79)58-51-44-37-36-41-47-54-67(7)9-2)63-88-92(80,81)86-59-68(75)60-87-93(82,83)89-64-70(90-73(78)57-50-43-35-31-27-23-19-15-13-17-21-25-29-33-40-46-53-66(5)6)62-85-72(77)56-49-42-34-30-26-22-18-14-12-16-20-24-28-32-39-45-52-65(3)4/h65-70,75H,8-64H2,1-7H3,(H,80,81)(H,82,83)/t67?,68-,69+,70+/m0/s1. The molecule has 3 N–H and O–H groups in total. The lowest BCUT2D eigenvalue weighted by molar-refractivity contribution is -0.161. The van der Waals surface area contributed by atoms with Crippen LogP contribution in [0.1, 0.15) is 376 Å². The summed E-state index contributed by atoms with van der Waals surface area (Å²) >= 11 is 0. The highest BCUT2D eigenvalue weighted by Crippen LogP contribution is 2.45. The minimum Gasteiger partial charge on any atom is -0.462 e. The van der Waals surface area contributed by atoms with Crippen LogP contribution in [0.4, 0.5) is 0 Å². The molecule has 19 heteroatoms. The zero-order valence-corrected chi connectivity index (χ0v) is 62.5. The van der Waals surface area contributed by atoms with Crippen LogP contribution < -0.4 is 0 Å². The predicted molar refractivity (Wildman–Crippen MR) is 377 cm³/mol. The molecule has 6 atom stereocenters. The second-order valence-electron chi connectivity index (χ2n) is 27.9. The van der Waals surface area contributed by atoms with E-state index >= 15 is 0 Å². The molecule has 0 aromatic heterocycles. The number of carbonyl (C=O) groups is 4. The molecular weight excluding hydrogens is 1220 g/mol. The summed E-state index contributed by atoms with van der Waals surface area (Å²) in [7, 11) is -9.90. The Morgan fingerprint density at radius 1 is 0.312 bits per heavy atom. The third-order valence-electron chi connectivity index (χ3n) is 17.5. The maximum absolute atomic E-state index is 13.1. The Morgan fingerprint density at radius 3 is 0.817 bits per heavy atom. The second kappa shape index (κ2) is 64.7. The van der Waals surface area contributed by atoms with Gasteiger partial charge in [0.05, 0.1) is 26.4 Å². The lowest BCUT2D eigenvalue weighted by atomic mass is 10.00. The molecule has 0 aromatic rings. The number of aliphatic hydroxyl groups excluding tert-OH is 1. The van der Waals surface area contributed by atoms with Crippen molar-refractivity contribution in [2.24, 2.45) is 17.8 Å². The van der Waals surface area contributed by atoms with Crippen molar-refractivity contribution in [2.45, 2.75) is 394 Å². The van der Waals surface area contributed by atoms with E-state index in [1.807, 2.05) is 0 Å². The first-order valence-electron chi connectivity index (χ1n) is 38.4. The van der Waals surface area contributed by atoms with Gasteiger partial charge in [0.15, 0.2) is 12.2 Å². The first-order valence-corrected chi connectivity index (χ1v) is 41.4. The van der Waals surface area contributed by atoms with Crippen LogP contribution in [-0.4, -0.2) is 96.7 Å². The highest BCUT2D eigenvalue weighted by Gasteiger charge is 2.30. The first-order chi connectivity index (χ1) is 44.8. The fourth-order valence-corrected chi connectivity index (χ4v) is 12.8. The first kappa shape index (κ1) is 91.1. The van der Waals surface area contributed by atoms with Gasteiger partial charge in [-0.05, 0) is 43.4 Å². The fourth-order valence-electron chi connectivity index (χ4n) is 11.2. The molecule has 0 aromatic carbocycles. The number of ether oxygens (including phenoxy) is 4. The molecule has 17 nitrogen and oxygen atoms in total. The lowest BCUT2D eigenvalue weighted by Crippen LogP contribution is -2.30. The molecule has 0 amide bonds. The van der Waals surface area contributed by atoms with Crippen molar-refractivity contribution in [2.75, 3.05) is 39.6 Å². The molecule has 0 aliphatic rings. The normalized spacial score (nSPS) is 14.4. The van der Waals surface area contributed by atoms with Gasteiger partial charge in [-0.15, -0.1) is 0 Å². The van der Waals surface area contributed by atoms with E-state index in [0.29, 0.717) is 25.7 Å². The van der Waals surface area contributed by atoms with E-state index in [9.17, 15) is 43.2 Å². The third kappa shape index (κ3) is 67.0. The smallest absolute Gasteiger partial charge is 0.462 e. The number of esters is 4.